The van der Waals surface area contributed by atoms with E-state index in [2.05, 4.69) is 6.92 Å². The Morgan fingerprint density at radius 1 is 1.54 bits per heavy atom. The van der Waals surface area contributed by atoms with Gasteiger partial charge in [0.2, 0.25) is 10.0 Å². The van der Waals surface area contributed by atoms with E-state index in [-0.39, 0.29) is 6.04 Å². The third-order valence-corrected chi connectivity index (χ3v) is 4.04. The van der Waals surface area contributed by atoms with Crippen LogP contribution in [0.4, 0.5) is 0 Å². The van der Waals surface area contributed by atoms with Crippen LogP contribution >= 0.6 is 0 Å². The van der Waals surface area contributed by atoms with Crippen molar-refractivity contribution in [1.82, 2.24) is 4.31 Å². The standard InChI is InChI=1S/C8H18N2O2S/c1-7-4-3-5-10(8(7)6-9)13(2,11)12/h7-8H,3-6,9H2,1-2H3. The van der Waals surface area contributed by atoms with Gasteiger partial charge in [0.25, 0.3) is 0 Å². The number of rotatable bonds is 2. The predicted octanol–water partition coefficient (Wildman–Crippen LogP) is 0.00520. The molecule has 0 amide bonds. The average Bonchev–Trinajstić information content (AvgIpc) is 2.02. The molecular weight excluding hydrogens is 188 g/mol. The number of nitrogens with two attached hydrogens (primary N) is 1. The van der Waals surface area contributed by atoms with E-state index in [4.69, 9.17) is 5.73 Å². The van der Waals surface area contributed by atoms with Crippen molar-refractivity contribution in [3.05, 3.63) is 0 Å². The van der Waals surface area contributed by atoms with Crippen LogP contribution < -0.4 is 5.73 Å². The fraction of sp³-hybridized carbons (Fsp3) is 1.00. The van der Waals surface area contributed by atoms with Crippen LogP contribution in [-0.2, 0) is 10.0 Å². The van der Waals surface area contributed by atoms with E-state index < -0.39 is 10.0 Å². The first-order valence-electron chi connectivity index (χ1n) is 4.63. The van der Waals surface area contributed by atoms with Crippen molar-refractivity contribution in [2.24, 2.45) is 11.7 Å². The van der Waals surface area contributed by atoms with Gasteiger partial charge >= 0.3 is 0 Å². The maximum Gasteiger partial charge on any atom is 0.211 e. The molecule has 1 rings (SSSR count). The Morgan fingerprint density at radius 2 is 2.15 bits per heavy atom. The van der Waals surface area contributed by atoms with E-state index in [0.29, 0.717) is 19.0 Å². The third kappa shape index (κ3) is 2.42. The van der Waals surface area contributed by atoms with Crippen LogP contribution in [0.25, 0.3) is 0 Å². The molecule has 1 aliphatic rings. The Labute approximate surface area is 80.1 Å². The molecule has 0 aromatic carbocycles. The second-order valence-corrected chi connectivity index (χ2v) is 5.73. The van der Waals surface area contributed by atoms with Gasteiger partial charge in [-0.3, -0.25) is 0 Å². The summed E-state index contributed by atoms with van der Waals surface area (Å²) in [5, 5.41) is 0. The highest BCUT2D eigenvalue weighted by atomic mass is 32.2. The van der Waals surface area contributed by atoms with Crippen molar-refractivity contribution in [1.29, 1.82) is 0 Å². The fourth-order valence-electron chi connectivity index (χ4n) is 1.97. The maximum absolute atomic E-state index is 11.4. The molecule has 13 heavy (non-hydrogen) atoms. The first kappa shape index (κ1) is 10.9. The molecule has 4 nitrogen and oxygen atoms in total. The molecule has 2 atom stereocenters. The summed E-state index contributed by atoms with van der Waals surface area (Å²) in [7, 11) is -3.07. The van der Waals surface area contributed by atoms with Crippen LogP contribution in [0.5, 0.6) is 0 Å². The summed E-state index contributed by atoms with van der Waals surface area (Å²) in [5.74, 6) is 0.383. The molecule has 1 saturated heterocycles. The summed E-state index contributed by atoms with van der Waals surface area (Å²) in [6.45, 7) is 3.12. The van der Waals surface area contributed by atoms with Crippen LogP contribution in [0, 0.1) is 5.92 Å². The van der Waals surface area contributed by atoms with Gasteiger partial charge in [-0.25, -0.2) is 8.42 Å². The molecular formula is C8H18N2O2S. The summed E-state index contributed by atoms with van der Waals surface area (Å²) in [6, 6.07) is 0.00347. The first-order chi connectivity index (χ1) is 5.96. The van der Waals surface area contributed by atoms with Gasteiger partial charge in [-0.1, -0.05) is 6.92 Å². The van der Waals surface area contributed by atoms with Crippen molar-refractivity contribution >= 4 is 10.0 Å². The Morgan fingerprint density at radius 3 is 2.54 bits per heavy atom. The monoisotopic (exact) mass is 206 g/mol. The van der Waals surface area contributed by atoms with Gasteiger partial charge in [0.15, 0.2) is 0 Å². The van der Waals surface area contributed by atoms with Crippen molar-refractivity contribution in [3.8, 4) is 0 Å². The van der Waals surface area contributed by atoms with Crippen molar-refractivity contribution in [3.63, 3.8) is 0 Å². The lowest BCUT2D eigenvalue weighted by molar-refractivity contribution is 0.193. The first-order valence-corrected chi connectivity index (χ1v) is 6.48. The van der Waals surface area contributed by atoms with Crippen LogP contribution in [0.15, 0.2) is 0 Å². The van der Waals surface area contributed by atoms with Gasteiger partial charge in [0.1, 0.15) is 0 Å². The maximum atomic E-state index is 11.4. The largest absolute Gasteiger partial charge is 0.329 e. The number of piperidine rings is 1. The Balaban J connectivity index is 2.83. The summed E-state index contributed by atoms with van der Waals surface area (Å²) in [6.07, 6.45) is 3.28. The molecule has 2 N–H and O–H groups in total. The molecule has 0 aromatic heterocycles. The zero-order chi connectivity index (χ0) is 10.1. The van der Waals surface area contributed by atoms with E-state index in [1.807, 2.05) is 0 Å². The van der Waals surface area contributed by atoms with Crippen LogP contribution in [-0.4, -0.2) is 38.1 Å². The highest BCUT2D eigenvalue weighted by Gasteiger charge is 2.32. The zero-order valence-corrected chi connectivity index (χ0v) is 9.05. The van der Waals surface area contributed by atoms with Gasteiger partial charge in [-0.15, -0.1) is 0 Å². The summed E-state index contributed by atoms with van der Waals surface area (Å²) < 4.78 is 24.3. The van der Waals surface area contributed by atoms with E-state index >= 15 is 0 Å². The predicted molar refractivity (Wildman–Crippen MR) is 52.8 cm³/mol. The molecule has 78 valence electrons. The zero-order valence-electron chi connectivity index (χ0n) is 8.23. The van der Waals surface area contributed by atoms with Crippen LogP contribution in [0.3, 0.4) is 0 Å². The van der Waals surface area contributed by atoms with Crippen molar-refractivity contribution in [2.75, 3.05) is 19.3 Å². The lowest BCUT2D eigenvalue weighted by Gasteiger charge is -2.37. The average molecular weight is 206 g/mol. The molecule has 5 heteroatoms. The summed E-state index contributed by atoms with van der Waals surface area (Å²) >= 11 is 0. The lowest BCUT2D eigenvalue weighted by atomic mass is 9.93. The number of sulfonamides is 1. The van der Waals surface area contributed by atoms with Crippen LogP contribution in [0.1, 0.15) is 19.8 Å². The van der Waals surface area contributed by atoms with Gasteiger partial charge < -0.3 is 5.73 Å². The molecule has 0 spiro atoms. The van der Waals surface area contributed by atoms with Gasteiger partial charge in [0, 0.05) is 19.1 Å². The van der Waals surface area contributed by atoms with E-state index in [0.717, 1.165) is 12.8 Å². The van der Waals surface area contributed by atoms with E-state index in [9.17, 15) is 8.42 Å². The van der Waals surface area contributed by atoms with Gasteiger partial charge in [-0.2, -0.15) is 4.31 Å². The minimum Gasteiger partial charge on any atom is -0.329 e. The van der Waals surface area contributed by atoms with Gasteiger partial charge in [-0.05, 0) is 18.8 Å². The normalized spacial score (nSPS) is 31.9. The third-order valence-electron chi connectivity index (χ3n) is 2.73. The molecule has 0 aliphatic carbocycles. The fourth-order valence-corrected chi connectivity index (χ4v) is 3.22. The Bertz CT molecular complexity index is 263. The van der Waals surface area contributed by atoms with Gasteiger partial charge in [0.05, 0.1) is 6.26 Å². The highest BCUT2D eigenvalue weighted by molar-refractivity contribution is 7.88. The second kappa shape index (κ2) is 3.94. The molecule has 0 saturated carbocycles. The Hall–Kier alpha value is -0.130. The molecule has 0 aromatic rings. The minimum atomic E-state index is -3.07. The minimum absolute atomic E-state index is 0.00347. The summed E-state index contributed by atoms with van der Waals surface area (Å²) in [4.78, 5) is 0. The number of hydrogen-bond acceptors (Lipinski definition) is 3. The summed E-state index contributed by atoms with van der Waals surface area (Å²) in [5.41, 5.74) is 5.57. The van der Waals surface area contributed by atoms with Crippen molar-refractivity contribution in [2.45, 2.75) is 25.8 Å². The number of hydrogen-bond donors (Lipinski definition) is 1. The quantitative estimate of drug-likeness (QED) is 0.692. The van der Waals surface area contributed by atoms with Crippen LogP contribution in [0.2, 0.25) is 0 Å². The Kier molecular flexibility index (Phi) is 3.32. The van der Waals surface area contributed by atoms with E-state index in [1.165, 1.54) is 6.26 Å². The van der Waals surface area contributed by atoms with Crippen molar-refractivity contribution < 1.29 is 8.42 Å². The highest BCUT2D eigenvalue weighted by Crippen LogP contribution is 2.24. The van der Waals surface area contributed by atoms with E-state index in [1.54, 1.807) is 4.31 Å². The topological polar surface area (TPSA) is 63.4 Å². The molecule has 1 heterocycles. The molecule has 2 unspecified atom stereocenters. The molecule has 0 radical (unpaired) electrons. The molecule has 1 fully saturated rings. The lowest BCUT2D eigenvalue weighted by Crippen LogP contribution is -2.50. The number of nitrogens with zero attached hydrogens (tertiary/aromatic N) is 1. The molecule has 1 aliphatic heterocycles. The second-order valence-electron chi connectivity index (χ2n) is 3.80. The smallest absolute Gasteiger partial charge is 0.211 e. The molecule has 0 bridgehead atoms. The SMILES string of the molecule is CC1CCCN(S(C)(=O)=O)C1CN.